The Morgan fingerprint density at radius 2 is 2.23 bits per heavy atom. The van der Waals surface area contributed by atoms with Gasteiger partial charge in [0, 0.05) is 31.6 Å². The Hall–Kier alpha value is -3.27. The zero-order valence-corrected chi connectivity index (χ0v) is 17.2. The zero-order valence-electron chi connectivity index (χ0n) is 17.2. The van der Waals surface area contributed by atoms with Crippen molar-refractivity contribution in [1.29, 1.82) is 5.41 Å². The fourth-order valence-corrected chi connectivity index (χ4v) is 3.22. The molecule has 3 heterocycles. The zero-order chi connectivity index (χ0) is 21.9. The second-order valence-corrected chi connectivity index (χ2v) is 7.80. The third-order valence-electron chi connectivity index (χ3n) is 5.06. The van der Waals surface area contributed by atoms with Gasteiger partial charge < -0.3 is 20.6 Å². The van der Waals surface area contributed by atoms with Crippen molar-refractivity contribution in [1.82, 2.24) is 20.5 Å². The molecule has 1 fully saturated rings. The van der Waals surface area contributed by atoms with Crippen molar-refractivity contribution in [2.24, 2.45) is 10.6 Å². The van der Waals surface area contributed by atoms with Gasteiger partial charge in [0.25, 0.3) is 5.91 Å². The lowest BCUT2D eigenvalue weighted by molar-refractivity contribution is -0.131. The summed E-state index contributed by atoms with van der Waals surface area (Å²) in [5.41, 5.74) is 0.790. The first kappa shape index (κ1) is 21.4. The minimum Gasteiger partial charge on any atom is -0.392 e. The molecule has 2 amide bonds. The van der Waals surface area contributed by atoms with Crippen molar-refractivity contribution in [3.05, 3.63) is 41.5 Å². The van der Waals surface area contributed by atoms with Crippen molar-refractivity contribution in [2.45, 2.75) is 32.8 Å². The van der Waals surface area contributed by atoms with Crippen molar-refractivity contribution in [3.8, 4) is 0 Å². The molecule has 0 bridgehead atoms. The number of nitrogens with one attached hydrogen (secondary N) is 3. The van der Waals surface area contributed by atoms with E-state index in [1.807, 2.05) is 13.8 Å². The quantitative estimate of drug-likeness (QED) is 0.397. The van der Waals surface area contributed by atoms with Crippen LogP contribution in [-0.2, 0) is 9.63 Å². The lowest BCUT2D eigenvalue weighted by Gasteiger charge is -2.22. The first-order chi connectivity index (χ1) is 14.3. The first-order valence-corrected chi connectivity index (χ1v) is 9.67. The van der Waals surface area contributed by atoms with E-state index in [9.17, 15) is 14.7 Å². The van der Waals surface area contributed by atoms with Crippen LogP contribution in [-0.4, -0.2) is 64.7 Å². The number of aliphatic hydroxyl groups excluding tert-OH is 1. The van der Waals surface area contributed by atoms with Gasteiger partial charge in [0.2, 0.25) is 5.91 Å². The van der Waals surface area contributed by atoms with Gasteiger partial charge in [-0.15, -0.1) is 0 Å². The molecule has 1 unspecified atom stereocenters. The molecule has 2 aliphatic rings. The maximum absolute atomic E-state index is 12.8. The maximum Gasteiger partial charge on any atom is 0.274 e. The molecular formula is C20H26N6O4. The van der Waals surface area contributed by atoms with E-state index < -0.39 is 17.4 Å². The fourth-order valence-electron chi connectivity index (χ4n) is 3.22. The summed E-state index contributed by atoms with van der Waals surface area (Å²) in [7, 11) is 1.64. The van der Waals surface area contributed by atoms with Crippen LogP contribution in [0.4, 0.5) is 0 Å². The van der Waals surface area contributed by atoms with Gasteiger partial charge in [-0.2, -0.15) is 0 Å². The molecule has 160 valence electrons. The summed E-state index contributed by atoms with van der Waals surface area (Å²) < 4.78 is 0. The minimum atomic E-state index is -0.534. The number of rotatable bonds is 6. The molecule has 2 aliphatic heterocycles. The first-order valence-electron chi connectivity index (χ1n) is 9.67. The Bertz CT molecular complexity index is 924. The van der Waals surface area contributed by atoms with E-state index in [1.165, 1.54) is 11.1 Å². The van der Waals surface area contributed by atoms with Crippen LogP contribution in [0.5, 0.6) is 0 Å². The third-order valence-corrected chi connectivity index (χ3v) is 5.06. The molecule has 10 heteroatoms. The number of pyridine rings is 1. The lowest BCUT2D eigenvalue weighted by atomic mass is 9.92. The number of carbonyl (C=O) groups excluding carboxylic acids is 2. The van der Waals surface area contributed by atoms with Gasteiger partial charge >= 0.3 is 0 Å². The molecule has 3 rings (SSSR count). The third kappa shape index (κ3) is 4.33. The monoisotopic (exact) mass is 414 g/mol. The average Bonchev–Trinajstić information content (AvgIpc) is 3.32. The Labute approximate surface area is 174 Å². The van der Waals surface area contributed by atoms with E-state index in [-0.39, 0.29) is 29.7 Å². The van der Waals surface area contributed by atoms with Gasteiger partial charge in [-0.1, -0.05) is 25.1 Å². The molecule has 4 N–H and O–H groups in total. The average molecular weight is 414 g/mol. The second-order valence-electron chi connectivity index (χ2n) is 7.80. The van der Waals surface area contributed by atoms with Gasteiger partial charge in [0.05, 0.1) is 18.0 Å². The van der Waals surface area contributed by atoms with Crippen LogP contribution in [0.15, 0.2) is 35.3 Å². The summed E-state index contributed by atoms with van der Waals surface area (Å²) in [5, 5.41) is 27.0. The van der Waals surface area contributed by atoms with Crippen molar-refractivity contribution < 1.29 is 19.5 Å². The molecule has 10 nitrogen and oxygen atoms in total. The van der Waals surface area contributed by atoms with Crippen molar-refractivity contribution in [3.63, 3.8) is 0 Å². The Morgan fingerprint density at radius 1 is 1.47 bits per heavy atom. The summed E-state index contributed by atoms with van der Waals surface area (Å²) in [4.78, 5) is 36.1. The number of carbonyl (C=O) groups is 2. The lowest BCUT2D eigenvalue weighted by Crippen LogP contribution is -2.41. The highest BCUT2D eigenvalue weighted by atomic mass is 16.6. The Balaban J connectivity index is 1.75. The van der Waals surface area contributed by atoms with E-state index in [4.69, 9.17) is 10.2 Å². The standard InChI is InChI=1S/C20H26N6O4/c1-20(2)7-8-26(19(20)29)17(21)16(10-22-3)24-18(28)14-6-4-5-13(23-14)15-9-12(11-27)30-25-15/h4-6,10,12,21-22,27H,7-9,11H2,1-3H3,(H,24,28)/b16-10+,21-17?. The number of aromatic nitrogens is 1. The molecule has 0 aromatic carbocycles. The van der Waals surface area contributed by atoms with E-state index in [2.05, 4.69) is 20.8 Å². The highest BCUT2D eigenvalue weighted by Crippen LogP contribution is 2.31. The number of aliphatic hydroxyl groups is 1. The van der Waals surface area contributed by atoms with Crippen LogP contribution in [0.1, 0.15) is 42.9 Å². The summed E-state index contributed by atoms with van der Waals surface area (Å²) in [6.07, 6.45) is 2.09. The van der Waals surface area contributed by atoms with Gasteiger partial charge in [-0.3, -0.25) is 19.9 Å². The number of nitrogens with zero attached hydrogens (tertiary/aromatic N) is 3. The van der Waals surface area contributed by atoms with E-state index in [0.29, 0.717) is 30.8 Å². The second kappa shape index (κ2) is 8.62. The molecule has 1 aromatic rings. The SMILES string of the molecule is CN/C=C(/NC(=O)c1cccc(C2=NOC(CO)C2)n1)C(=N)N1CCC(C)(C)C1=O. The molecule has 1 saturated heterocycles. The van der Waals surface area contributed by atoms with Crippen LogP contribution < -0.4 is 10.6 Å². The van der Waals surface area contributed by atoms with Gasteiger partial charge in [-0.05, 0) is 18.6 Å². The van der Waals surface area contributed by atoms with Crippen LogP contribution in [0.2, 0.25) is 0 Å². The normalized spacial score (nSPS) is 20.6. The van der Waals surface area contributed by atoms with E-state index in [1.54, 1.807) is 25.2 Å². The molecule has 0 spiro atoms. The van der Waals surface area contributed by atoms with E-state index in [0.717, 1.165) is 0 Å². The number of oxime groups is 1. The fraction of sp³-hybridized carbons (Fsp3) is 0.450. The van der Waals surface area contributed by atoms with Crippen molar-refractivity contribution >= 4 is 23.4 Å². The van der Waals surface area contributed by atoms with Crippen LogP contribution in [0.25, 0.3) is 0 Å². The Morgan fingerprint density at radius 3 is 2.83 bits per heavy atom. The highest BCUT2D eigenvalue weighted by Gasteiger charge is 2.41. The van der Waals surface area contributed by atoms with Crippen LogP contribution in [0, 0.1) is 10.8 Å². The van der Waals surface area contributed by atoms with E-state index >= 15 is 0 Å². The molecule has 1 aromatic heterocycles. The molecule has 0 radical (unpaired) electrons. The number of likely N-dealkylation sites (tertiary alicyclic amines) is 1. The number of amides is 2. The number of hydrogen-bond donors (Lipinski definition) is 4. The van der Waals surface area contributed by atoms with Crippen molar-refractivity contribution in [2.75, 3.05) is 20.2 Å². The smallest absolute Gasteiger partial charge is 0.274 e. The predicted molar refractivity (Wildman–Crippen MR) is 110 cm³/mol. The minimum absolute atomic E-state index is 0.0798. The summed E-state index contributed by atoms with van der Waals surface area (Å²) in [6, 6.07) is 4.92. The van der Waals surface area contributed by atoms with Gasteiger partial charge in [0.15, 0.2) is 11.9 Å². The van der Waals surface area contributed by atoms with Crippen LogP contribution >= 0.6 is 0 Å². The summed E-state index contributed by atoms with van der Waals surface area (Å²) >= 11 is 0. The highest BCUT2D eigenvalue weighted by molar-refractivity contribution is 6.10. The molecule has 30 heavy (non-hydrogen) atoms. The number of hydrogen-bond acceptors (Lipinski definition) is 8. The molecule has 0 aliphatic carbocycles. The van der Waals surface area contributed by atoms with Gasteiger partial charge in [0.1, 0.15) is 11.4 Å². The largest absolute Gasteiger partial charge is 0.392 e. The molecule has 0 saturated carbocycles. The predicted octanol–water partition coefficient (Wildman–Crippen LogP) is 0.593. The topological polar surface area (TPSA) is 140 Å². The number of amidine groups is 1. The maximum atomic E-state index is 12.8. The Kier molecular flexibility index (Phi) is 6.16. The van der Waals surface area contributed by atoms with Gasteiger partial charge in [-0.25, -0.2) is 4.98 Å². The summed E-state index contributed by atoms with van der Waals surface area (Å²) in [6.45, 7) is 3.95. The molecule has 1 atom stereocenters. The summed E-state index contributed by atoms with van der Waals surface area (Å²) in [5.74, 6) is -0.752. The molecular weight excluding hydrogens is 388 g/mol. The van der Waals surface area contributed by atoms with Crippen LogP contribution in [0.3, 0.4) is 0 Å².